The summed E-state index contributed by atoms with van der Waals surface area (Å²) in [6, 6.07) is 12.0. The van der Waals surface area contributed by atoms with E-state index in [4.69, 9.17) is 14.1 Å². The first-order chi connectivity index (χ1) is 12.3. The number of hydrogen-bond donors (Lipinski definition) is 0. The van der Waals surface area contributed by atoms with Crippen LogP contribution in [0.15, 0.2) is 47.1 Å². The molecule has 0 radical (unpaired) electrons. The van der Waals surface area contributed by atoms with Gasteiger partial charge in [0, 0.05) is 37.8 Å². The minimum absolute atomic E-state index is 0.846. The van der Waals surface area contributed by atoms with Crippen molar-refractivity contribution in [3.63, 3.8) is 0 Å². The number of nitrogens with zero attached hydrogens (tertiary/aromatic N) is 3. The summed E-state index contributed by atoms with van der Waals surface area (Å²) in [5.41, 5.74) is 2.87. The lowest BCUT2D eigenvalue weighted by molar-refractivity contribution is 0.271. The molecular formula is C20H23N3O2. The summed E-state index contributed by atoms with van der Waals surface area (Å²) >= 11 is 0. The zero-order valence-corrected chi connectivity index (χ0v) is 14.7. The van der Waals surface area contributed by atoms with Gasteiger partial charge in [-0.25, -0.2) is 4.98 Å². The molecule has 1 aliphatic heterocycles. The monoisotopic (exact) mass is 337 g/mol. The molecule has 0 aliphatic carbocycles. The number of furan rings is 1. The number of pyridine rings is 1. The zero-order valence-electron chi connectivity index (χ0n) is 14.7. The fourth-order valence-corrected chi connectivity index (χ4v) is 3.37. The number of ether oxygens (including phenoxy) is 1. The number of methoxy groups -OCH3 is 1. The van der Waals surface area contributed by atoms with Gasteiger partial charge >= 0.3 is 0 Å². The van der Waals surface area contributed by atoms with Crippen molar-refractivity contribution in [2.24, 2.45) is 0 Å². The van der Waals surface area contributed by atoms with E-state index < -0.39 is 0 Å². The third kappa shape index (κ3) is 3.07. The maximum absolute atomic E-state index is 5.70. The topological polar surface area (TPSA) is 41.7 Å². The van der Waals surface area contributed by atoms with Gasteiger partial charge in [-0.2, -0.15) is 0 Å². The molecule has 0 bridgehead atoms. The molecule has 1 aromatic carbocycles. The molecule has 1 saturated heterocycles. The maximum atomic E-state index is 5.70. The van der Waals surface area contributed by atoms with Gasteiger partial charge in [0.2, 0.25) is 0 Å². The first kappa shape index (κ1) is 16.0. The minimum Gasteiger partial charge on any atom is -0.497 e. The van der Waals surface area contributed by atoms with E-state index in [1.165, 1.54) is 0 Å². The molecular weight excluding hydrogens is 314 g/mol. The van der Waals surface area contributed by atoms with Crippen molar-refractivity contribution >= 4 is 16.8 Å². The number of likely N-dealkylation sites (N-methyl/N-ethyl adjacent to an activating group) is 1. The van der Waals surface area contributed by atoms with Crippen LogP contribution in [0.5, 0.6) is 5.75 Å². The van der Waals surface area contributed by atoms with Crippen LogP contribution in [0.2, 0.25) is 0 Å². The van der Waals surface area contributed by atoms with Gasteiger partial charge in [0.15, 0.2) is 0 Å². The Morgan fingerprint density at radius 1 is 1.08 bits per heavy atom. The highest BCUT2D eigenvalue weighted by Gasteiger charge is 2.20. The highest BCUT2D eigenvalue weighted by molar-refractivity contribution is 5.91. The smallest absolute Gasteiger partial charge is 0.140 e. The number of aromatic nitrogens is 1. The van der Waals surface area contributed by atoms with Gasteiger partial charge in [-0.3, -0.25) is 0 Å². The number of piperazine rings is 1. The van der Waals surface area contributed by atoms with Crippen molar-refractivity contribution < 1.29 is 9.15 Å². The van der Waals surface area contributed by atoms with Crippen molar-refractivity contribution in [1.29, 1.82) is 0 Å². The lowest BCUT2D eigenvalue weighted by Crippen LogP contribution is -2.46. The van der Waals surface area contributed by atoms with Crippen LogP contribution in [-0.2, 0) is 0 Å². The molecule has 2 aromatic heterocycles. The van der Waals surface area contributed by atoms with E-state index in [0.717, 1.165) is 66.5 Å². The van der Waals surface area contributed by atoms with E-state index >= 15 is 0 Å². The largest absolute Gasteiger partial charge is 0.497 e. The molecule has 1 aliphatic rings. The summed E-state index contributed by atoms with van der Waals surface area (Å²) in [6.07, 6.45) is 1.75. The fraction of sp³-hybridized carbons (Fsp3) is 0.350. The van der Waals surface area contributed by atoms with Crippen LogP contribution < -0.4 is 9.64 Å². The summed E-state index contributed by atoms with van der Waals surface area (Å²) in [7, 11) is 1.68. The maximum Gasteiger partial charge on any atom is 0.140 e. The first-order valence-electron chi connectivity index (χ1n) is 8.78. The molecule has 5 heteroatoms. The van der Waals surface area contributed by atoms with Crippen LogP contribution in [-0.4, -0.2) is 49.7 Å². The SMILES string of the molecule is CCN1CCN(c2nc(-c3ccc(OC)cc3)cc3occc23)CC1. The number of benzene rings is 1. The Morgan fingerprint density at radius 2 is 1.84 bits per heavy atom. The van der Waals surface area contributed by atoms with Crippen molar-refractivity contribution in [2.45, 2.75) is 6.92 Å². The Bertz CT molecular complexity index is 849. The van der Waals surface area contributed by atoms with Gasteiger partial charge in [0.05, 0.1) is 24.5 Å². The predicted octanol–water partition coefficient (Wildman–Crippen LogP) is 3.65. The third-order valence-electron chi connectivity index (χ3n) is 4.94. The highest BCUT2D eigenvalue weighted by Crippen LogP contribution is 2.32. The van der Waals surface area contributed by atoms with Crippen molar-refractivity contribution in [1.82, 2.24) is 9.88 Å². The van der Waals surface area contributed by atoms with Crippen LogP contribution in [0, 0.1) is 0 Å². The molecule has 0 unspecified atom stereocenters. The lowest BCUT2D eigenvalue weighted by atomic mass is 10.1. The van der Waals surface area contributed by atoms with E-state index in [9.17, 15) is 0 Å². The van der Waals surface area contributed by atoms with Gasteiger partial charge in [0.1, 0.15) is 17.2 Å². The molecule has 3 aromatic rings. The Balaban J connectivity index is 1.72. The Hall–Kier alpha value is -2.53. The molecule has 3 heterocycles. The summed E-state index contributed by atoms with van der Waals surface area (Å²) < 4.78 is 10.9. The predicted molar refractivity (Wildman–Crippen MR) is 100 cm³/mol. The summed E-state index contributed by atoms with van der Waals surface area (Å²) in [5, 5.41) is 1.09. The standard InChI is InChI=1S/C20H23N3O2/c1-3-22-9-11-23(12-10-22)20-17-8-13-25-19(17)14-18(21-20)15-4-6-16(24-2)7-5-15/h4-8,13-14H,3,9-12H2,1-2H3. The molecule has 0 saturated carbocycles. The number of fused-ring (bicyclic) bond motifs is 1. The second kappa shape index (κ2) is 6.76. The number of hydrogen-bond acceptors (Lipinski definition) is 5. The van der Waals surface area contributed by atoms with Crippen LogP contribution in [0.3, 0.4) is 0 Å². The quantitative estimate of drug-likeness (QED) is 0.727. The van der Waals surface area contributed by atoms with Gasteiger partial charge in [0.25, 0.3) is 0 Å². The van der Waals surface area contributed by atoms with Gasteiger partial charge in [-0.05, 0) is 36.9 Å². The molecule has 5 nitrogen and oxygen atoms in total. The van der Waals surface area contributed by atoms with E-state index in [1.54, 1.807) is 13.4 Å². The van der Waals surface area contributed by atoms with Crippen LogP contribution in [0.25, 0.3) is 22.2 Å². The van der Waals surface area contributed by atoms with Crippen LogP contribution in [0.1, 0.15) is 6.92 Å². The van der Waals surface area contributed by atoms with E-state index in [-0.39, 0.29) is 0 Å². The molecule has 130 valence electrons. The Labute approximate surface area is 147 Å². The van der Waals surface area contributed by atoms with E-state index in [1.807, 2.05) is 36.4 Å². The molecule has 1 fully saturated rings. The Morgan fingerprint density at radius 3 is 2.52 bits per heavy atom. The number of anilines is 1. The average molecular weight is 337 g/mol. The molecule has 0 amide bonds. The molecule has 0 N–H and O–H groups in total. The fourth-order valence-electron chi connectivity index (χ4n) is 3.37. The van der Waals surface area contributed by atoms with Gasteiger partial charge < -0.3 is 19.0 Å². The van der Waals surface area contributed by atoms with E-state index in [0.29, 0.717) is 0 Å². The number of rotatable bonds is 4. The van der Waals surface area contributed by atoms with Crippen LogP contribution >= 0.6 is 0 Å². The Kier molecular flexibility index (Phi) is 4.32. The van der Waals surface area contributed by atoms with E-state index in [2.05, 4.69) is 16.7 Å². The van der Waals surface area contributed by atoms with Crippen LogP contribution in [0.4, 0.5) is 5.82 Å². The summed E-state index contributed by atoms with van der Waals surface area (Å²) in [4.78, 5) is 9.82. The normalized spacial score (nSPS) is 15.7. The average Bonchev–Trinajstić information content (AvgIpc) is 3.16. The second-order valence-corrected chi connectivity index (χ2v) is 6.31. The van der Waals surface area contributed by atoms with Gasteiger partial charge in [-0.1, -0.05) is 6.92 Å². The molecule has 0 spiro atoms. The summed E-state index contributed by atoms with van der Waals surface area (Å²) in [6.45, 7) is 7.45. The minimum atomic E-state index is 0.846. The van der Waals surface area contributed by atoms with Crippen molar-refractivity contribution in [3.8, 4) is 17.0 Å². The molecule has 25 heavy (non-hydrogen) atoms. The lowest BCUT2D eigenvalue weighted by Gasteiger charge is -2.35. The first-order valence-corrected chi connectivity index (χ1v) is 8.78. The van der Waals surface area contributed by atoms with Crippen molar-refractivity contribution in [2.75, 3.05) is 44.7 Å². The molecule has 4 rings (SSSR count). The zero-order chi connectivity index (χ0) is 17.2. The molecule has 0 atom stereocenters. The second-order valence-electron chi connectivity index (χ2n) is 6.31. The summed E-state index contributed by atoms with van der Waals surface area (Å²) in [5.74, 6) is 1.87. The highest BCUT2D eigenvalue weighted by atomic mass is 16.5. The van der Waals surface area contributed by atoms with Crippen molar-refractivity contribution in [3.05, 3.63) is 42.7 Å². The third-order valence-corrected chi connectivity index (χ3v) is 4.94. The van der Waals surface area contributed by atoms with Gasteiger partial charge in [-0.15, -0.1) is 0 Å².